The summed E-state index contributed by atoms with van der Waals surface area (Å²) in [7, 11) is 0. The van der Waals surface area contributed by atoms with Crippen LogP contribution < -0.4 is 4.74 Å². The molecule has 1 aliphatic rings. The third-order valence-corrected chi connectivity index (χ3v) is 3.98. The molecule has 0 radical (unpaired) electrons. The molecule has 1 fully saturated rings. The number of benzene rings is 1. The van der Waals surface area contributed by atoms with Gasteiger partial charge in [0.25, 0.3) is 0 Å². The molecule has 1 saturated carbocycles. The number of rotatable bonds is 5. The smallest absolute Gasteiger partial charge is 0.307 e. The Morgan fingerprint density at radius 1 is 1.26 bits per heavy atom. The van der Waals surface area contributed by atoms with Crippen molar-refractivity contribution in [3.8, 4) is 5.75 Å². The average Bonchev–Trinajstić information content (AvgIpc) is 2.41. The molecule has 19 heavy (non-hydrogen) atoms. The molecule has 104 valence electrons. The molecule has 1 N–H and O–H groups in total. The van der Waals surface area contributed by atoms with Crippen LogP contribution in [-0.4, -0.2) is 17.2 Å². The van der Waals surface area contributed by atoms with E-state index in [0.29, 0.717) is 0 Å². The molecule has 1 aliphatic carbocycles. The lowest BCUT2D eigenvalue weighted by Crippen LogP contribution is -2.24. The van der Waals surface area contributed by atoms with Gasteiger partial charge in [-0.2, -0.15) is 0 Å². The quantitative estimate of drug-likeness (QED) is 0.880. The first-order valence-corrected chi connectivity index (χ1v) is 7.15. The van der Waals surface area contributed by atoms with Crippen LogP contribution >= 0.6 is 0 Å². The number of ether oxygens (including phenoxy) is 1. The van der Waals surface area contributed by atoms with Crippen molar-refractivity contribution >= 4 is 5.97 Å². The zero-order valence-electron chi connectivity index (χ0n) is 11.5. The second kappa shape index (κ2) is 6.60. The Morgan fingerprint density at radius 2 is 1.95 bits per heavy atom. The maximum absolute atomic E-state index is 10.8. The van der Waals surface area contributed by atoms with Crippen molar-refractivity contribution in [3.05, 3.63) is 29.8 Å². The van der Waals surface area contributed by atoms with Crippen LogP contribution in [0.2, 0.25) is 0 Å². The Labute approximate surface area is 114 Å². The van der Waals surface area contributed by atoms with Crippen molar-refractivity contribution in [2.45, 2.75) is 51.6 Å². The minimum Gasteiger partial charge on any atom is -0.490 e. The number of aliphatic carboxylic acids is 1. The zero-order chi connectivity index (χ0) is 13.7. The largest absolute Gasteiger partial charge is 0.490 e. The molecule has 0 spiro atoms. The molecular formula is C16H22O3. The highest BCUT2D eigenvalue weighted by atomic mass is 16.5. The molecule has 2 rings (SSSR count). The van der Waals surface area contributed by atoms with Crippen LogP contribution in [0.3, 0.4) is 0 Å². The Morgan fingerprint density at radius 3 is 2.58 bits per heavy atom. The third kappa shape index (κ3) is 3.98. The molecule has 3 nitrogen and oxygen atoms in total. The number of hydrogen-bond acceptors (Lipinski definition) is 2. The van der Waals surface area contributed by atoms with Crippen molar-refractivity contribution in [2.24, 2.45) is 5.92 Å². The van der Waals surface area contributed by atoms with E-state index in [9.17, 15) is 4.79 Å². The lowest BCUT2D eigenvalue weighted by Gasteiger charge is -2.28. The van der Waals surface area contributed by atoms with Crippen LogP contribution in [0.15, 0.2) is 24.3 Å². The molecule has 0 saturated heterocycles. The van der Waals surface area contributed by atoms with Crippen molar-refractivity contribution in [1.29, 1.82) is 0 Å². The molecular weight excluding hydrogens is 240 g/mol. The number of carbonyl (C=O) groups is 1. The van der Waals surface area contributed by atoms with Gasteiger partial charge in [-0.15, -0.1) is 0 Å². The van der Waals surface area contributed by atoms with Gasteiger partial charge in [0.05, 0.1) is 12.5 Å². The fraction of sp³-hybridized carbons (Fsp3) is 0.562. The van der Waals surface area contributed by atoms with E-state index in [-0.39, 0.29) is 12.5 Å². The van der Waals surface area contributed by atoms with Gasteiger partial charge < -0.3 is 9.84 Å². The van der Waals surface area contributed by atoms with E-state index >= 15 is 0 Å². The first-order valence-electron chi connectivity index (χ1n) is 7.15. The summed E-state index contributed by atoms with van der Waals surface area (Å²) in [5.41, 5.74) is 0.771. The summed E-state index contributed by atoms with van der Waals surface area (Å²) in [6.45, 7) is 2.24. The highest BCUT2D eigenvalue weighted by molar-refractivity contribution is 5.71. The van der Waals surface area contributed by atoms with Gasteiger partial charge in [0.15, 0.2) is 0 Å². The van der Waals surface area contributed by atoms with Crippen molar-refractivity contribution in [2.75, 3.05) is 0 Å². The number of carboxylic acid groups (broad SMARTS) is 1. The summed E-state index contributed by atoms with van der Waals surface area (Å²) in [5, 5.41) is 8.91. The van der Waals surface area contributed by atoms with Crippen LogP contribution in [0, 0.1) is 5.92 Å². The monoisotopic (exact) mass is 262 g/mol. The molecule has 0 aromatic heterocycles. The standard InChI is InChI=1S/C16H22O3/c1-2-12-7-9-14(10-8-12)19-15-6-4-3-5-13(15)11-16(17)18/h3-6,12,14H,2,7-11H2,1H3,(H,17,18). The molecule has 0 aliphatic heterocycles. The topological polar surface area (TPSA) is 46.5 Å². The van der Waals surface area contributed by atoms with E-state index in [1.165, 1.54) is 19.3 Å². The summed E-state index contributed by atoms with van der Waals surface area (Å²) in [5.74, 6) is 0.768. The van der Waals surface area contributed by atoms with Crippen LogP contribution in [0.1, 0.15) is 44.6 Å². The zero-order valence-corrected chi connectivity index (χ0v) is 11.5. The Kier molecular flexibility index (Phi) is 4.83. The van der Waals surface area contributed by atoms with Gasteiger partial charge in [-0.3, -0.25) is 4.79 Å². The second-order valence-electron chi connectivity index (χ2n) is 5.35. The SMILES string of the molecule is CCC1CCC(Oc2ccccc2CC(=O)O)CC1. The first-order chi connectivity index (χ1) is 9.19. The highest BCUT2D eigenvalue weighted by Gasteiger charge is 2.22. The van der Waals surface area contributed by atoms with Crippen molar-refractivity contribution in [1.82, 2.24) is 0 Å². The fourth-order valence-corrected chi connectivity index (χ4v) is 2.77. The maximum Gasteiger partial charge on any atom is 0.307 e. The van der Waals surface area contributed by atoms with E-state index < -0.39 is 5.97 Å². The number of para-hydroxylation sites is 1. The van der Waals surface area contributed by atoms with Crippen molar-refractivity contribution in [3.63, 3.8) is 0 Å². The van der Waals surface area contributed by atoms with Gasteiger partial charge >= 0.3 is 5.97 Å². The van der Waals surface area contributed by atoms with E-state index in [1.54, 1.807) is 0 Å². The van der Waals surface area contributed by atoms with Gasteiger partial charge in [0.1, 0.15) is 5.75 Å². The Bertz CT molecular complexity index is 420. The molecule has 0 heterocycles. The molecule has 0 amide bonds. The van der Waals surface area contributed by atoms with Crippen molar-refractivity contribution < 1.29 is 14.6 Å². The van der Waals surface area contributed by atoms with E-state index in [4.69, 9.17) is 9.84 Å². The maximum atomic E-state index is 10.8. The van der Waals surface area contributed by atoms with Gasteiger partial charge in [-0.25, -0.2) is 0 Å². The summed E-state index contributed by atoms with van der Waals surface area (Å²) in [4.78, 5) is 10.8. The average molecular weight is 262 g/mol. The van der Waals surface area contributed by atoms with E-state index in [2.05, 4.69) is 6.92 Å². The summed E-state index contributed by atoms with van der Waals surface area (Å²) in [6.07, 6.45) is 6.14. The van der Waals surface area contributed by atoms with Crippen LogP contribution in [0.25, 0.3) is 0 Å². The Hall–Kier alpha value is -1.51. The van der Waals surface area contributed by atoms with Gasteiger partial charge in [0, 0.05) is 5.56 Å². The van der Waals surface area contributed by atoms with Gasteiger partial charge in [-0.05, 0) is 37.7 Å². The van der Waals surface area contributed by atoms with Gasteiger partial charge in [-0.1, -0.05) is 31.5 Å². The second-order valence-corrected chi connectivity index (χ2v) is 5.35. The summed E-state index contributed by atoms with van der Waals surface area (Å²) < 4.78 is 6.02. The lowest BCUT2D eigenvalue weighted by molar-refractivity contribution is -0.136. The van der Waals surface area contributed by atoms with E-state index in [0.717, 1.165) is 30.1 Å². The molecule has 1 aromatic rings. The molecule has 0 unspecified atom stereocenters. The molecule has 0 bridgehead atoms. The lowest BCUT2D eigenvalue weighted by atomic mass is 9.86. The fourth-order valence-electron chi connectivity index (χ4n) is 2.77. The minimum absolute atomic E-state index is 0.0283. The van der Waals surface area contributed by atoms with E-state index in [1.807, 2.05) is 24.3 Å². The predicted octanol–water partition coefficient (Wildman–Crippen LogP) is 3.66. The summed E-state index contributed by atoms with van der Waals surface area (Å²) in [6, 6.07) is 7.47. The first kappa shape index (κ1) is 13.9. The molecule has 0 atom stereocenters. The van der Waals surface area contributed by atoms with Crippen LogP contribution in [0.5, 0.6) is 5.75 Å². The Balaban J connectivity index is 1.97. The third-order valence-electron chi connectivity index (χ3n) is 3.98. The minimum atomic E-state index is -0.814. The van der Waals surface area contributed by atoms with Crippen LogP contribution in [0.4, 0.5) is 0 Å². The van der Waals surface area contributed by atoms with Gasteiger partial charge in [0.2, 0.25) is 0 Å². The highest BCUT2D eigenvalue weighted by Crippen LogP contribution is 2.30. The molecule has 3 heteroatoms. The molecule has 1 aromatic carbocycles. The number of carboxylic acids is 1. The normalized spacial score (nSPS) is 23.0. The predicted molar refractivity (Wildman–Crippen MR) is 74.4 cm³/mol. The van der Waals surface area contributed by atoms with Crippen LogP contribution in [-0.2, 0) is 11.2 Å². The number of hydrogen-bond donors (Lipinski definition) is 1. The summed E-state index contributed by atoms with van der Waals surface area (Å²) >= 11 is 0.